The number of halogens is 2. The van der Waals surface area contributed by atoms with Crippen molar-refractivity contribution in [2.75, 3.05) is 5.32 Å². The first kappa shape index (κ1) is 19.4. The Morgan fingerprint density at radius 3 is 2.62 bits per heavy atom. The second-order valence-corrected chi connectivity index (χ2v) is 7.43. The van der Waals surface area contributed by atoms with Crippen LogP contribution in [-0.2, 0) is 11.2 Å². The van der Waals surface area contributed by atoms with Crippen LogP contribution in [0.4, 0.5) is 5.69 Å². The van der Waals surface area contributed by atoms with Crippen LogP contribution in [0.25, 0.3) is 11.5 Å². The van der Waals surface area contributed by atoms with E-state index in [0.29, 0.717) is 39.4 Å². The zero-order valence-corrected chi connectivity index (χ0v) is 17.2. The van der Waals surface area contributed by atoms with Crippen LogP contribution in [-0.4, -0.2) is 35.5 Å². The highest BCUT2D eigenvalue weighted by atomic mass is 35.5. The number of aryl methyl sites for hydroxylation is 3. The Morgan fingerprint density at radius 1 is 1.07 bits per heavy atom. The van der Waals surface area contributed by atoms with Crippen molar-refractivity contribution in [2.24, 2.45) is 0 Å². The third kappa shape index (κ3) is 4.08. The lowest BCUT2D eigenvalue weighted by Gasteiger charge is -2.07. The third-order valence-corrected chi connectivity index (χ3v) is 4.87. The Hall–Kier alpha value is -2.97. The zero-order chi connectivity index (χ0) is 20.5. The molecule has 3 heterocycles. The van der Waals surface area contributed by atoms with E-state index in [0.717, 1.165) is 11.4 Å². The molecule has 0 bridgehead atoms. The zero-order valence-electron chi connectivity index (χ0n) is 15.7. The normalized spacial score (nSPS) is 11.2. The second kappa shape index (κ2) is 7.81. The van der Waals surface area contributed by atoms with Crippen LogP contribution in [0.1, 0.15) is 23.6 Å². The molecule has 8 nitrogen and oxygen atoms in total. The van der Waals surface area contributed by atoms with Crippen LogP contribution < -0.4 is 5.32 Å². The Morgan fingerprint density at radius 2 is 1.90 bits per heavy atom. The lowest BCUT2D eigenvalue weighted by molar-refractivity contribution is -0.116. The summed E-state index contributed by atoms with van der Waals surface area (Å²) >= 11 is 12.0. The number of nitrogens with zero attached hydrogens (tertiary/aromatic N) is 6. The fourth-order valence-electron chi connectivity index (χ4n) is 2.98. The lowest BCUT2D eigenvalue weighted by Crippen LogP contribution is -2.14. The molecule has 0 fully saturated rings. The number of hydrogen-bond donors (Lipinski definition) is 1. The maximum atomic E-state index is 12.3. The summed E-state index contributed by atoms with van der Waals surface area (Å²) in [5.41, 5.74) is 3.00. The summed E-state index contributed by atoms with van der Waals surface area (Å²) in [5.74, 6) is 1.04. The Labute approximate surface area is 176 Å². The van der Waals surface area contributed by atoms with E-state index in [1.807, 2.05) is 32.0 Å². The first-order valence-corrected chi connectivity index (χ1v) is 9.66. The standard InChI is InChI=1S/C19H17Cl2N7O/c1-11-9-12(2)27(25-11)18-6-5-16-23-24-17(28(16)26-18)7-8-19(29)22-15-4-3-13(20)10-14(15)21/h3-6,9-10H,7-8H2,1-2H3,(H,22,29). The lowest BCUT2D eigenvalue weighted by atomic mass is 10.2. The van der Waals surface area contributed by atoms with Gasteiger partial charge in [0.05, 0.1) is 16.4 Å². The molecule has 0 radical (unpaired) electrons. The molecule has 0 atom stereocenters. The topological polar surface area (TPSA) is 90.0 Å². The maximum absolute atomic E-state index is 12.3. The van der Waals surface area contributed by atoms with E-state index in [9.17, 15) is 4.79 Å². The Balaban J connectivity index is 1.51. The van der Waals surface area contributed by atoms with Gasteiger partial charge in [0.2, 0.25) is 5.91 Å². The van der Waals surface area contributed by atoms with Gasteiger partial charge in [0, 0.05) is 23.6 Å². The first-order valence-electron chi connectivity index (χ1n) is 8.90. The molecule has 4 aromatic rings. The van der Waals surface area contributed by atoms with Crippen LogP contribution >= 0.6 is 23.2 Å². The van der Waals surface area contributed by atoms with E-state index >= 15 is 0 Å². The number of fused-ring (bicyclic) bond motifs is 1. The van der Waals surface area contributed by atoms with Crippen LogP contribution in [0.3, 0.4) is 0 Å². The number of nitrogens with one attached hydrogen (secondary N) is 1. The number of anilines is 1. The molecule has 0 spiro atoms. The average molecular weight is 430 g/mol. The van der Waals surface area contributed by atoms with Crippen LogP contribution in [0.15, 0.2) is 36.4 Å². The molecule has 148 valence electrons. The van der Waals surface area contributed by atoms with Crippen LogP contribution in [0.2, 0.25) is 10.0 Å². The highest BCUT2D eigenvalue weighted by Crippen LogP contribution is 2.25. The minimum absolute atomic E-state index is 0.194. The van der Waals surface area contributed by atoms with Crippen LogP contribution in [0, 0.1) is 13.8 Å². The van der Waals surface area contributed by atoms with Gasteiger partial charge in [-0.2, -0.15) is 9.61 Å². The highest BCUT2D eigenvalue weighted by Gasteiger charge is 2.13. The van der Waals surface area contributed by atoms with Gasteiger partial charge in [-0.15, -0.1) is 15.3 Å². The van der Waals surface area contributed by atoms with Gasteiger partial charge in [0.15, 0.2) is 17.3 Å². The smallest absolute Gasteiger partial charge is 0.224 e. The van der Waals surface area contributed by atoms with Crippen molar-refractivity contribution < 1.29 is 4.79 Å². The third-order valence-electron chi connectivity index (χ3n) is 4.32. The molecule has 29 heavy (non-hydrogen) atoms. The number of aromatic nitrogens is 6. The van der Waals surface area contributed by atoms with Crippen molar-refractivity contribution in [1.29, 1.82) is 0 Å². The van der Waals surface area contributed by atoms with E-state index in [2.05, 4.69) is 25.7 Å². The van der Waals surface area contributed by atoms with Gasteiger partial charge < -0.3 is 5.32 Å². The predicted octanol–water partition coefficient (Wildman–Crippen LogP) is 3.80. The van der Waals surface area contributed by atoms with E-state index in [-0.39, 0.29) is 12.3 Å². The molecule has 1 aromatic carbocycles. The largest absolute Gasteiger partial charge is 0.325 e. The van der Waals surface area contributed by atoms with Gasteiger partial charge in [0.1, 0.15) is 0 Å². The summed E-state index contributed by atoms with van der Waals surface area (Å²) in [5, 5.41) is 21.0. The quantitative estimate of drug-likeness (QED) is 0.520. The fraction of sp³-hybridized carbons (Fsp3) is 0.211. The molecule has 1 amide bonds. The van der Waals surface area contributed by atoms with Gasteiger partial charge >= 0.3 is 0 Å². The molecular weight excluding hydrogens is 413 g/mol. The number of amides is 1. The maximum Gasteiger partial charge on any atom is 0.224 e. The van der Waals surface area contributed by atoms with Gasteiger partial charge in [0.25, 0.3) is 0 Å². The van der Waals surface area contributed by atoms with Gasteiger partial charge in [-0.05, 0) is 50.2 Å². The molecule has 0 saturated heterocycles. The number of carbonyl (C=O) groups is 1. The Bertz CT molecular complexity index is 1210. The van der Waals surface area contributed by atoms with Crippen molar-refractivity contribution in [1.82, 2.24) is 29.6 Å². The molecule has 1 N–H and O–H groups in total. The van der Waals surface area contributed by atoms with Crippen LogP contribution in [0.5, 0.6) is 0 Å². The summed E-state index contributed by atoms with van der Waals surface area (Å²) in [4.78, 5) is 12.3. The van der Waals surface area contributed by atoms with Gasteiger partial charge in [-0.3, -0.25) is 4.79 Å². The molecule has 0 aliphatic heterocycles. The molecule has 0 unspecified atom stereocenters. The summed E-state index contributed by atoms with van der Waals surface area (Å²) in [7, 11) is 0. The highest BCUT2D eigenvalue weighted by molar-refractivity contribution is 6.36. The molecule has 3 aromatic heterocycles. The number of carbonyl (C=O) groups excluding carboxylic acids is 1. The van der Waals surface area contributed by atoms with E-state index in [1.54, 1.807) is 27.4 Å². The number of hydrogen-bond acceptors (Lipinski definition) is 5. The number of benzene rings is 1. The SMILES string of the molecule is Cc1cc(C)n(-c2ccc3nnc(CCC(=O)Nc4ccc(Cl)cc4Cl)n3n2)n1. The minimum Gasteiger partial charge on any atom is -0.325 e. The van der Waals surface area contributed by atoms with Gasteiger partial charge in [-0.1, -0.05) is 23.2 Å². The molecule has 0 aliphatic carbocycles. The number of rotatable bonds is 5. The van der Waals surface area contributed by atoms with E-state index in [4.69, 9.17) is 23.2 Å². The first-order chi connectivity index (χ1) is 13.9. The van der Waals surface area contributed by atoms with Crippen molar-refractivity contribution in [3.05, 3.63) is 63.7 Å². The second-order valence-electron chi connectivity index (χ2n) is 6.59. The van der Waals surface area contributed by atoms with Gasteiger partial charge in [-0.25, -0.2) is 4.68 Å². The van der Waals surface area contributed by atoms with Crippen molar-refractivity contribution >= 4 is 40.4 Å². The van der Waals surface area contributed by atoms with Crippen molar-refractivity contribution in [3.63, 3.8) is 0 Å². The van der Waals surface area contributed by atoms with E-state index < -0.39 is 0 Å². The summed E-state index contributed by atoms with van der Waals surface area (Å²) in [6.45, 7) is 3.89. The Kier molecular flexibility index (Phi) is 5.21. The average Bonchev–Trinajstić information content (AvgIpc) is 3.24. The molecule has 10 heteroatoms. The minimum atomic E-state index is -0.194. The predicted molar refractivity (Wildman–Crippen MR) is 111 cm³/mol. The molecule has 0 saturated carbocycles. The van der Waals surface area contributed by atoms with E-state index in [1.165, 1.54) is 0 Å². The van der Waals surface area contributed by atoms with Crippen molar-refractivity contribution in [2.45, 2.75) is 26.7 Å². The summed E-state index contributed by atoms with van der Waals surface area (Å²) in [6, 6.07) is 10.5. The fourth-order valence-corrected chi connectivity index (χ4v) is 3.44. The monoisotopic (exact) mass is 429 g/mol. The summed E-state index contributed by atoms with van der Waals surface area (Å²) in [6.07, 6.45) is 0.567. The van der Waals surface area contributed by atoms with Crippen molar-refractivity contribution in [3.8, 4) is 5.82 Å². The molecule has 0 aliphatic rings. The summed E-state index contributed by atoms with van der Waals surface area (Å²) < 4.78 is 3.39. The molecular formula is C19H17Cl2N7O. The molecule has 4 rings (SSSR count).